The van der Waals surface area contributed by atoms with Crippen LogP contribution in [0.1, 0.15) is 28.4 Å². The lowest BCUT2D eigenvalue weighted by atomic mass is 10.0. The highest BCUT2D eigenvalue weighted by Gasteiger charge is 2.19. The van der Waals surface area contributed by atoms with Gasteiger partial charge in [0, 0.05) is 22.7 Å². The van der Waals surface area contributed by atoms with Crippen LogP contribution in [0.5, 0.6) is 5.75 Å². The van der Waals surface area contributed by atoms with E-state index in [9.17, 15) is 9.59 Å². The van der Waals surface area contributed by atoms with Gasteiger partial charge in [-0.3, -0.25) is 4.79 Å². The summed E-state index contributed by atoms with van der Waals surface area (Å²) in [6.07, 6.45) is 0. The zero-order valence-electron chi connectivity index (χ0n) is 14.3. The van der Waals surface area contributed by atoms with Crippen molar-refractivity contribution < 1.29 is 19.1 Å². The predicted octanol–water partition coefficient (Wildman–Crippen LogP) is 4.70. The fourth-order valence-corrected chi connectivity index (χ4v) is 2.84. The van der Waals surface area contributed by atoms with Gasteiger partial charge in [-0.1, -0.05) is 34.8 Å². The van der Waals surface area contributed by atoms with Crippen molar-refractivity contribution in [3.05, 3.63) is 62.1 Å². The Hall–Kier alpha value is -1.50. The molecule has 9 heteroatoms. The van der Waals surface area contributed by atoms with Gasteiger partial charge in [-0.25, -0.2) is 4.79 Å². The summed E-state index contributed by atoms with van der Waals surface area (Å²) in [5.41, 5.74) is 6.84. The molecule has 0 aromatic heterocycles. The maximum absolute atomic E-state index is 12.7. The number of hydrogen-bond acceptors (Lipinski definition) is 5. The van der Waals surface area contributed by atoms with Crippen LogP contribution in [0, 0.1) is 0 Å². The third-order valence-electron chi connectivity index (χ3n) is 3.47. The lowest BCUT2D eigenvalue weighted by Crippen LogP contribution is -2.15. The Bertz CT molecular complexity index is 842. The molecule has 0 unspecified atom stereocenters. The highest BCUT2D eigenvalue weighted by molar-refractivity contribution is 6.45. The van der Waals surface area contributed by atoms with E-state index in [1.807, 2.05) is 0 Å². The quantitative estimate of drug-likeness (QED) is 0.486. The predicted molar refractivity (Wildman–Crippen MR) is 109 cm³/mol. The van der Waals surface area contributed by atoms with Crippen LogP contribution in [-0.4, -0.2) is 25.0 Å². The molecule has 2 aromatic carbocycles. The van der Waals surface area contributed by atoms with Gasteiger partial charge < -0.3 is 15.2 Å². The molecular weight excluding hydrogens is 436 g/mol. The van der Waals surface area contributed by atoms with Gasteiger partial charge in [0.2, 0.25) is 0 Å². The Balaban J connectivity index is 0.00000364. The second-order valence-electron chi connectivity index (χ2n) is 5.17. The van der Waals surface area contributed by atoms with E-state index in [0.717, 1.165) is 0 Å². The van der Waals surface area contributed by atoms with Gasteiger partial charge in [-0.15, -0.1) is 12.4 Å². The highest BCUT2D eigenvalue weighted by atomic mass is 35.5. The van der Waals surface area contributed by atoms with E-state index in [1.54, 1.807) is 25.1 Å². The van der Waals surface area contributed by atoms with E-state index >= 15 is 0 Å². The van der Waals surface area contributed by atoms with Crippen LogP contribution >= 0.6 is 47.2 Å². The van der Waals surface area contributed by atoms with Gasteiger partial charge in [0.15, 0.2) is 12.4 Å². The molecule has 2 aromatic rings. The summed E-state index contributed by atoms with van der Waals surface area (Å²) in [6, 6.07) is 7.75. The molecule has 0 atom stereocenters. The van der Waals surface area contributed by atoms with Crippen molar-refractivity contribution >= 4 is 59.0 Å². The maximum Gasteiger partial charge on any atom is 0.344 e. The van der Waals surface area contributed by atoms with Gasteiger partial charge in [-0.05, 0) is 42.8 Å². The fraction of sp³-hybridized carbons (Fsp3) is 0.222. The summed E-state index contributed by atoms with van der Waals surface area (Å²) in [5, 5.41) is 0.549. The number of carbonyl (C=O) groups is 2. The number of benzene rings is 2. The first-order chi connectivity index (χ1) is 12.4. The molecule has 0 radical (unpaired) electrons. The summed E-state index contributed by atoms with van der Waals surface area (Å²) < 4.78 is 10.1. The number of carbonyl (C=O) groups excluding carboxylic acids is 2. The van der Waals surface area contributed by atoms with Crippen molar-refractivity contribution in [1.29, 1.82) is 0 Å². The molecule has 0 fully saturated rings. The van der Waals surface area contributed by atoms with E-state index < -0.39 is 5.97 Å². The standard InChI is InChI=1S/C18H16Cl3NO4.ClH/c1-2-25-15(23)9-26-14-6-4-12(16(20)17(14)21)18(24)10-3-5-13(19)11(7-10)8-22;/h3-7H,2,8-9,22H2,1H3;1H. The lowest BCUT2D eigenvalue weighted by molar-refractivity contribution is -0.145. The number of hydrogen-bond donors (Lipinski definition) is 1. The number of ether oxygens (including phenoxy) is 2. The lowest BCUT2D eigenvalue weighted by Gasteiger charge is -2.12. The third-order valence-corrected chi connectivity index (χ3v) is 4.70. The van der Waals surface area contributed by atoms with Gasteiger partial charge >= 0.3 is 5.97 Å². The molecule has 5 nitrogen and oxygen atoms in total. The van der Waals surface area contributed by atoms with Crippen LogP contribution in [0.2, 0.25) is 15.1 Å². The smallest absolute Gasteiger partial charge is 0.344 e. The molecular formula is C18H17Cl4NO4. The number of ketones is 1. The Morgan fingerprint density at radius 3 is 2.41 bits per heavy atom. The zero-order chi connectivity index (χ0) is 19.3. The highest BCUT2D eigenvalue weighted by Crippen LogP contribution is 2.36. The SMILES string of the molecule is CCOC(=O)COc1ccc(C(=O)c2ccc(Cl)c(CN)c2)c(Cl)c1Cl.Cl. The molecule has 0 amide bonds. The minimum absolute atomic E-state index is 0. The second-order valence-corrected chi connectivity index (χ2v) is 6.34. The fourth-order valence-electron chi connectivity index (χ4n) is 2.19. The topological polar surface area (TPSA) is 78.6 Å². The monoisotopic (exact) mass is 451 g/mol. The molecule has 0 aliphatic carbocycles. The average Bonchev–Trinajstić information content (AvgIpc) is 2.63. The summed E-state index contributed by atoms with van der Waals surface area (Å²) in [5.74, 6) is -0.685. The van der Waals surface area contributed by atoms with Crippen molar-refractivity contribution in [1.82, 2.24) is 0 Å². The van der Waals surface area contributed by atoms with Crippen molar-refractivity contribution in [3.63, 3.8) is 0 Å². The average molecular weight is 453 g/mol. The van der Waals surface area contributed by atoms with Crippen LogP contribution < -0.4 is 10.5 Å². The normalized spacial score (nSPS) is 10.1. The molecule has 2 rings (SSSR count). The minimum atomic E-state index is -0.532. The van der Waals surface area contributed by atoms with E-state index in [1.165, 1.54) is 12.1 Å². The van der Waals surface area contributed by atoms with E-state index in [-0.39, 0.29) is 59.3 Å². The largest absolute Gasteiger partial charge is 0.480 e. The number of halogens is 4. The van der Waals surface area contributed by atoms with Crippen LogP contribution in [0.4, 0.5) is 0 Å². The van der Waals surface area contributed by atoms with E-state index in [4.69, 9.17) is 50.0 Å². The van der Waals surface area contributed by atoms with Crippen LogP contribution in [-0.2, 0) is 16.1 Å². The molecule has 0 heterocycles. The summed E-state index contributed by atoms with van der Waals surface area (Å²) >= 11 is 18.4. The van der Waals surface area contributed by atoms with Crippen LogP contribution in [0.3, 0.4) is 0 Å². The van der Waals surface area contributed by atoms with Crippen LogP contribution in [0.15, 0.2) is 30.3 Å². The Kier molecular flexibility index (Phi) is 9.36. The van der Waals surface area contributed by atoms with Crippen molar-refractivity contribution in [2.45, 2.75) is 13.5 Å². The Morgan fingerprint density at radius 1 is 1.07 bits per heavy atom. The second kappa shape index (κ2) is 10.7. The molecule has 0 saturated heterocycles. The third kappa shape index (κ3) is 5.74. The zero-order valence-corrected chi connectivity index (χ0v) is 17.3. The van der Waals surface area contributed by atoms with Gasteiger partial charge in [-0.2, -0.15) is 0 Å². The molecule has 0 saturated carbocycles. The molecule has 0 aliphatic rings. The van der Waals surface area contributed by atoms with Crippen molar-refractivity contribution in [2.24, 2.45) is 5.73 Å². The number of nitrogens with two attached hydrogens (primary N) is 1. The van der Waals surface area contributed by atoms with E-state index in [2.05, 4.69) is 0 Å². The first-order valence-electron chi connectivity index (χ1n) is 7.68. The van der Waals surface area contributed by atoms with Crippen molar-refractivity contribution in [3.8, 4) is 5.75 Å². The molecule has 27 heavy (non-hydrogen) atoms. The number of esters is 1. The Morgan fingerprint density at radius 2 is 1.78 bits per heavy atom. The Labute approximate surface area is 178 Å². The summed E-state index contributed by atoms with van der Waals surface area (Å²) in [4.78, 5) is 24.1. The van der Waals surface area contributed by atoms with E-state index in [0.29, 0.717) is 16.1 Å². The van der Waals surface area contributed by atoms with Crippen molar-refractivity contribution in [2.75, 3.05) is 13.2 Å². The summed E-state index contributed by atoms with van der Waals surface area (Å²) in [6.45, 7) is 1.83. The first-order valence-corrected chi connectivity index (χ1v) is 8.82. The van der Waals surface area contributed by atoms with Gasteiger partial charge in [0.25, 0.3) is 0 Å². The molecule has 2 N–H and O–H groups in total. The minimum Gasteiger partial charge on any atom is -0.480 e. The first kappa shape index (κ1) is 23.5. The van der Waals surface area contributed by atoms with Gasteiger partial charge in [0.1, 0.15) is 10.8 Å². The maximum atomic E-state index is 12.7. The molecule has 0 spiro atoms. The number of rotatable bonds is 7. The summed E-state index contributed by atoms with van der Waals surface area (Å²) in [7, 11) is 0. The van der Waals surface area contributed by atoms with Gasteiger partial charge in [0.05, 0.1) is 11.6 Å². The molecule has 0 aliphatic heterocycles. The molecule has 146 valence electrons. The molecule has 0 bridgehead atoms. The van der Waals surface area contributed by atoms with Crippen LogP contribution in [0.25, 0.3) is 0 Å².